The van der Waals surface area contributed by atoms with Crippen molar-refractivity contribution in [1.29, 1.82) is 0 Å². The molecule has 0 radical (unpaired) electrons. The molecule has 0 unspecified atom stereocenters. The molecule has 0 spiro atoms. The van der Waals surface area contributed by atoms with Crippen molar-refractivity contribution in [3.05, 3.63) is 35.3 Å². The quantitative estimate of drug-likeness (QED) is 0.554. The zero-order valence-corrected chi connectivity index (χ0v) is 8.63. The predicted octanol–water partition coefficient (Wildman–Crippen LogP) is 2.28. The third-order valence-electron chi connectivity index (χ3n) is 2.37. The topological polar surface area (TPSA) is 50.9 Å². The van der Waals surface area contributed by atoms with Crippen molar-refractivity contribution in [3.63, 3.8) is 0 Å². The number of hydrogen-bond acceptors (Lipinski definition) is 3. The number of anilines is 1. The predicted molar refractivity (Wildman–Crippen MR) is 59.0 cm³/mol. The fraction of sp³-hybridized carbons (Fsp3) is 0.182. The van der Waals surface area contributed by atoms with Gasteiger partial charge >= 0.3 is 0 Å². The van der Waals surface area contributed by atoms with Gasteiger partial charge in [-0.15, -0.1) is 0 Å². The molecule has 0 saturated carbocycles. The van der Waals surface area contributed by atoms with Crippen molar-refractivity contribution >= 4 is 16.6 Å². The van der Waals surface area contributed by atoms with E-state index in [0.717, 1.165) is 16.8 Å². The number of benzene rings is 1. The Morgan fingerprint density at radius 2 is 2.00 bits per heavy atom. The summed E-state index contributed by atoms with van der Waals surface area (Å²) < 4.78 is 13.3. The van der Waals surface area contributed by atoms with E-state index in [2.05, 4.69) is 10.4 Å². The lowest BCUT2D eigenvalue weighted by Crippen LogP contribution is -2.08. The summed E-state index contributed by atoms with van der Waals surface area (Å²) in [5, 5.41) is 0.835. The van der Waals surface area contributed by atoms with Crippen LogP contribution in [-0.2, 0) is 0 Å². The summed E-state index contributed by atoms with van der Waals surface area (Å²) in [5.74, 6) is 5.15. The van der Waals surface area contributed by atoms with Gasteiger partial charge in [0.25, 0.3) is 0 Å². The number of fused-ring (bicyclic) bond motifs is 1. The van der Waals surface area contributed by atoms with Crippen molar-refractivity contribution in [2.24, 2.45) is 5.84 Å². The van der Waals surface area contributed by atoms with Gasteiger partial charge in [0.05, 0.1) is 11.2 Å². The van der Waals surface area contributed by atoms with Gasteiger partial charge in [0, 0.05) is 17.1 Å². The van der Waals surface area contributed by atoms with E-state index in [1.807, 2.05) is 13.0 Å². The Balaban J connectivity index is 2.84. The van der Waals surface area contributed by atoms with Crippen LogP contribution in [0, 0.1) is 19.7 Å². The number of pyridine rings is 1. The summed E-state index contributed by atoms with van der Waals surface area (Å²) in [6.45, 7) is 3.56. The Labute approximate surface area is 87.1 Å². The van der Waals surface area contributed by atoms with E-state index in [1.165, 1.54) is 6.07 Å². The second kappa shape index (κ2) is 3.47. The lowest BCUT2D eigenvalue weighted by atomic mass is 10.1. The van der Waals surface area contributed by atoms with E-state index >= 15 is 0 Å². The van der Waals surface area contributed by atoms with Crippen LogP contribution in [0.1, 0.15) is 11.3 Å². The standard InChI is InChI=1S/C11H12FN3/c1-6-3-8-10(5-9(6)12)14-7(2)4-11(8)15-13/h3-5H,13H2,1-2H3,(H,14,15). The number of hydrogen-bond donors (Lipinski definition) is 2. The van der Waals surface area contributed by atoms with E-state index in [1.54, 1.807) is 13.0 Å². The number of rotatable bonds is 1. The van der Waals surface area contributed by atoms with Crippen LogP contribution >= 0.6 is 0 Å². The number of nitrogen functional groups attached to an aromatic ring is 1. The average molecular weight is 205 g/mol. The minimum Gasteiger partial charge on any atom is -0.323 e. The van der Waals surface area contributed by atoms with E-state index in [0.29, 0.717) is 11.1 Å². The smallest absolute Gasteiger partial charge is 0.128 e. The Hall–Kier alpha value is -1.68. The van der Waals surface area contributed by atoms with Gasteiger partial charge in [0.2, 0.25) is 0 Å². The monoisotopic (exact) mass is 205 g/mol. The average Bonchev–Trinajstić information content (AvgIpc) is 2.19. The first kappa shape index (κ1) is 9.86. The largest absolute Gasteiger partial charge is 0.323 e. The van der Waals surface area contributed by atoms with Crippen LogP contribution in [0.25, 0.3) is 10.9 Å². The summed E-state index contributed by atoms with van der Waals surface area (Å²) in [6.07, 6.45) is 0. The number of nitrogens with one attached hydrogen (secondary N) is 1. The summed E-state index contributed by atoms with van der Waals surface area (Å²) in [6, 6.07) is 5.00. The van der Waals surface area contributed by atoms with Crippen LogP contribution in [0.5, 0.6) is 0 Å². The Morgan fingerprint density at radius 1 is 1.27 bits per heavy atom. The number of halogens is 1. The first-order chi connectivity index (χ1) is 7.11. The maximum absolute atomic E-state index is 13.3. The molecule has 0 bridgehead atoms. The minimum absolute atomic E-state index is 0.247. The van der Waals surface area contributed by atoms with Gasteiger partial charge < -0.3 is 5.43 Å². The van der Waals surface area contributed by atoms with Crippen molar-refractivity contribution in [1.82, 2.24) is 4.98 Å². The van der Waals surface area contributed by atoms with Crippen molar-refractivity contribution in [2.45, 2.75) is 13.8 Å². The van der Waals surface area contributed by atoms with Crippen molar-refractivity contribution in [2.75, 3.05) is 5.43 Å². The molecule has 1 aromatic heterocycles. The van der Waals surface area contributed by atoms with Crippen LogP contribution in [-0.4, -0.2) is 4.98 Å². The van der Waals surface area contributed by atoms with Gasteiger partial charge in [-0.2, -0.15) is 0 Å². The van der Waals surface area contributed by atoms with Gasteiger partial charge in [-0.1, -0.05) is 0 Å². The third-order valence-corrected chi connectivity index (χ3v) is 2.37. The lowest BCUT2D eigenvalue weighted by Gasteiger charge is -2.08. The summed E-state index contributed by atoms with van der Waals surface area (Å²) >= 11 is 0. The second-order valence-corrected chi connectivity index (χ2v) is 3.57. The highest BCUT2D eigenvalue weighted by molar-refractivity contribution is 5.91. The van der Waals surface area contributed by atoms with E-state index < -0.39 is 0 Å². The molecule has 2 aromatic rings. The fourth-order valence-corrected chi connectivity index (χ4v) is 1.61. The molecule has 1 heterocycles. The molecule has 0 atom stereocenters. The molecule has 1 aromatic carbocycles. The first-order valence-electron chi connectivity index (χ1n) is 4.66. The summed E-state index contributed by atoms with van der Waals surface area (Å²) in [5.41, 5.74) is 5.37. The maximum Gasteiger partial charge on any atom is 0.128 e. The number of nitrogens with zero attached hydrogens (tertiary/aromatic N) is 1. The molecule has 0 aliphatic heterocycles. The molecule has 3 N–H and O–H groups in total. The molecule has 0 amide bonds. The van der Waals surface area contributed by atoms with Crippen molar-refractivity contribution < 1.29 is 4.39 Å². The molecule has 4 heteroatoms. The molecule has 15 heavy (non-hydrogen) atoms. The Kier molecular flexibility index (Phi) is 2.28. The molecular formula is C11H12FN3. The maximum atomic E-state index is 13.3. The lowest BCUT2D eigenvalue weighted by molar-refractivity contribution is 0.620. The Bertz CT molecular complexity index is 523. The van der Waals surface area contributed by atoms with E-state index in [4.69, 9.17) is 5.84 Å². The summed E-state index contributed by atoms with van der Waals surface area (Å²) in [7, 11) is 0. The molecule has 0 aliphatic rings. The molecule has 0 aliphatic carbocycles. The third kappa shape index (κ3) is 1.64. The number of aryl methyl sites for hydroxylation is 2. The van der Waals surface area contributed by atoms with Gasteiger partial charge in [-0.25, -0.2) is 4.39 Å². The molecule has 2 rings (SSSR count). The van der Waals surface area contributed by atoms with Crippen molar-refractivity contribution in [3.8, 4) is 0 Å². The van der Waals surface area contributed by atoms with Gasteiger partial charge in [-0.3, -0.25) is 10.8 Å². The minimum atomic E-state index is -0.247. The highest BCUT2D eigenvalue weighted by Crippen LogP contribution is 2.24. The molecule has 0 fully saturated rings. The van der Waals surface area contributed by atoms with Gasteiger partial charge in [0.1, 0.15) is 5.82 Å². The fourth-order valence-electron chi connectivity index (χ4n) is 1.61. The number of nitrogens with two attached hydrogens (primary N) is 1. The number of aromatic nitrogens is 1. The zero-order valence-electron chi connectivity index (χ0n) is 8.63. The van der Waals surface area contributed by atoms with E-state index in [-0.39, 0.29) is 5.82 Å². The van der Waals surface area contributed by atoms with Crippen LogP contribution in [0.4, 0.5) is 10.1 Å². The first-order valence-corrected chi connectivity index (χ1v) is 4.66. The molecular weight excluding hydrogens is 193 g/mol. The highest BCUT2D eigenvalue weighted by Gasteiger charge is 2.06. The van der Waals surface area contributed by atoms with E-state index in [9.17, 15) is 4.39 Å². The van der Waals surface area contributed by atoms with Crippen LogP contribution in [0.3, 0.4) is 0 Å². The van der Waals surface area contributed by atoms with Crippen LogP contribution in [0.2, 0.25) is 0 Å². The SMILES string of the molecule is Cc1cc(NN)c2cc(C)c(F)cc2n1. The Morgan fingerprint density at radius 3 is 2.67 bits per heavy atom. The normalized spacial score (nSPS) is 10.7. The number of hydrazine groups is 1. The molecule has 3 nitrogen and oxygen atoms in total. The van der Waals surface area contributed by atoms with Gasteiger partial charge in [0.15, 0.2) is 0 Å². The highest BCUT2D eigenvalue weighted by atomic mass is 19.1. The zero-order chi connectivity index (χ0) is 11.0. The molecule has 0 saturated heterocycles. The van der Waals surface area contributed by atoms with Gasteiger partial charge in [-0.05, 0) is 31.5 Å². The second-order valence-electron chi connectivity index (χ2n) is 3.57. The van der Waals surface area contributed by atoms with Crippen LogP contribution < -0.4 is 11.3 Å². The van der Waals surface area contributed by atoms with Crippen LogP contribution in [0.15, 0.2) is 18.2 Å². The molecule has 78 valence electrons. The summed E-state index contributed by atoms with van der Waals surface area (Å²) in [4.78, 5) is 4.25.